The van der Waals surface area contributed by atoms with E-state index in [9.17, 15) is 14.4 Å². The van der Waals surface area contributed by atoms with Gasteiger partial charge in [0, 0.05) is 30.6 Å². The van der Waals surface area contributed by atoms with Gasteiger partial charge in [-0.1, -0.05) is 37.4 Å². The van der Waals surface area contributed by atoms with E-state index in [4.69, 9.17) is 35.3 Å². The third kappa shape index (κ3) is 8.08. The predicted octanol–water partition coefficient (Wildman–Crippen LogP) is 5.42. The molecule has 0 amide bonds. The molecule has 3 rings (SSSR count). The first-order valence-corrected chi connectivity index (χ1v) is 13.0. The smallest absolute Gasteiger partial charge is 0.309 e. The van der Waals surface area contributed by atoms with Crippen molar-refractivity contribution in [1.29, 1.82) is 0 Å². The van der Waals surface area contributed by atoms with Crippen LogP contribution in [-0.4, -0.2) is 48.8 Å². The number of ether oxygens (including phenoxy) is 5. The highest BCUT2D eigenvalue weighted by Crippen LogP contribution is 2.34. The lowest BCUT2D eigenvalue weighted by Gasteiger charge is -2.30. The molecule has 0 unspecified atom stereocenters. The van der Waals surface area contributed by atoms with Gasteiger partial charge in [0.05, 0.1) is 13.0 Å². The Bertz CT molecular complexity index is 1120. The zero-order chi connectivity index (χ0) is 27.7. The molecule has 0 radical (unpaired) electrons. The summed E-state index contributed by atoms with van der Waals surface area (Å²) in [6.07, 6.45) is 4.51. The Morgan fingerprint density at radius 2 is 1.87 bits per heavy atom. The van der Waals surface area contributed by atoms with Gasteiger partial charge in [-0.25, -0.2) is 4.98 Å². The summed E-state index contributed by atoms with van der Waals surface area (Å²) in [6.45, 7) is 4.25. The van der Waals surface area contributed by atoms with Crippen LogP contribution in [0.5, 0.6) is 17.2 Å². The summed E-state index contributed by atoms with van der Waals surface area (Å²) < 4.78 is 27.6. The van der Waals surface area contributed by atoms with Gasteiger partial charge in [0.2, 0.25) is 6.79 Å². The van der Waals surface area contributed by atoms with Gasteiger partial charge in [-0.3, -0.25) is 14.4 Å². The number of hydrogen-bond acceptors (Lipinski definition) is 9. The van der Waals surface area contributed by atoms with Crippen LogP contribution in [0.3, 0.4) is 0 Å². The van der Waals surface area contributed by atoms with Crippen LogP contribution in [0.4, 0.5) is 0 Å². The number of ketones is 1. The highest BCUT2D eigenvalue weighted by Gasteiger charge is 2.35. The maximum atomic E-state index is 13.1. The molecule has 9 nitrogen and oxygen atoms in total. The third-order valence-corrected chi connectivity index (χ3v) is 6.64. The molecule has 1 aromatic heterocycles. The monoisotopic (exact) mass is 547 g/mol. The van der Waals surface area contributed by atoms with Crippen LogP contribution in [0.15, 0.2) is 36.5 Å². The maximum absolute atomic E-state index is 13.1. The van der Waals surface area contributed by atoms with E-state index in [1.807, 2.05) is 19.1 Å². The van der Waals surface area contributed by atoms with E-state index >= 15 is 0 Å². The number of hydrogen-bond donors (Lipinski definition) is 0. The molecule has 1 saturated carbocycles. The Morgan fingerprint density at radius 3 is 2.53 bits per heavy atom. The molecular formula is C28H34ClNO8. The molecule has 38 heavy (non-hydrogen) atoms. The van der Waals surface area contributed by atoms with Crippen LogP contribution in [0.1, 0.15) is 63.4 Å². The number of aromatic nitrogens is 1. The summed E-state index contributed by atoms with van der Waals surface area (Å²) in [5, 5.41) is 0.562. The molecule has 1 aromatic carbocycles. The second-order valence-corrected chi connectivity index (χ2v) is 9.78. The van der Waals surface area contributed by atoms with Gasteiger partial charge in [0.15, 0.2) is 23.0 Å². The van der Waals surface area contributed by atoms with Crippen molar-refractivity contribution in [1.82, 2.24) is 4.98 Å². The highest BCUT2D eigenvalue weighted by atomic mass is 35.5. The van der Waals surface area contributed by atoms with Crippen molar-refractivity contribution in [2.75, 3.05) is 13.9 Å². The van der Waals surface area contributed by atoms with Crippen molar-refractivity contribution in [2.24, 2.45) is 11.8 Å². The van der Waals surface area contributed by atoms with E-state index in [-0.39, 0.29) is 35.6 Å². The molecule has 1 aliphatic carbocycles. The molecule has 0 spiro atoms. The summed E-state index contributed by atoms with van der Waals surface area (Å²) in [5.41, 5.74) is -0.0303. The van der Waals surface area contributed by atoms with Crippen LogP contribution in [0.25, 0.3) is 0 Å². The quantitative estimate of drug-likeness (QED) is 0.184. The van der Waals surface area contributed by atoms with Gasteiger partial charge in [0.1, 0.15) is 18.0 Å². The molecule has 3 atom stereocenters. The molecule has 10 heteroatoms. The van der Waals surface area contributed by atoms with Crippen molar-refractivity contribution in [3.8, 4) is 17.2 Å². The van der Waals surface area contributed by atoms with Gasteiger partial charge < -0.3 is 23.7 Å². The minimum absolute atomic E-state index is 0.0303. The van der Waals surface area contributed by atoms with Crippen molar-refractivity contribution in [2.45, 2.75) is 65.1 Å². The third-order valence-electron chi connectivity index (χ3n) is 6.41. The molecule has 0 aliphatic heterocycles. The zero-order valence-corrected chi connectivity index (χ0v) is 22.9. The van der Waals surface area contributed by atoms with Crippen LogP contribution < -0.4 is 14.2 Å². The number of carbonyl (C=O) groups excluding carboxylic acids is 3. The van der Waals surface area contributed by atoms with Crippen molar-refractivity contribution in [3.05, 3.63) is 47.2 Å². The average molecular weight is 548 g/mol. The Hall–Kier alpha value is -3.33. The summed E-state index contributed by atoms with van der Waals surface area (Å²) in [5.74, 6) is -1.12. The predicted molar refractivity (Wildman–Crippen MR) is 140 cm³/mol. The van der Waals surface area contributed by atoms with Crippen LogP contribution in [0.2, 0.25) is 5.02 Å². The average Bonchev–Trinajstić information content (AvgIpc) is 3.41. The SMILES string of the molecule is COc1ccnc(C(=O)C[C@@H](C)C(=O)O[C@@H](C)[C@H](Oc2cccc(Cl)c2)C2CCCC2)c1OCOC(C)=O. The molecular weight excluding hydrogens is 514 g/mol. The fourth-order valence-electron chi connectivity index (χ4n) is 4.48. The fourth-order valence-corrected chi connectivity index (χ4v) is 4.66. The lowest BCUT2D eigenvalue weighted by molar-refractivity contribution is -0.158. The van der Waals surface area contributed by atoms with Crippen molar-refractivity contribution < 1.29 is 38.1 Å². The van der Waals surface area contributed by atoms with E-state index in [1.54, 1.807) is 19.1 Å². The number of halogens is 1. The fraction of sp³-hybridized carbons (Fsp3) is 0.500. The Labute approximate surface area is 227 Å². The molecule has 206 valence electrons. The number of Topliss-reactive ketones (excluding diaryl/α,β-unsaturated/α-hetero) is 1. The topological polar surface area (TPSA) is 110 Å². The van der Waals surface area contributed by atoms with Crippen molar-refractivity contribution >= 4 is 29.3 Å². The van der Waals surface area contributed by atoms with Crippen LogP contribution in [0, 0.1) is 11.8 Å². The largest absolute Gasteiger partial charge is 0.493 e. The van der Waals surface area contributed by atoms with E-state index in [1.165, 1.54) is 26.3 Å². The van der Waals surface area contributed by atoms with E-state index in [0.717, 1.165) is 25.7 Å². The molecule has 0 bridgehead atoms. The molecule has 0 saturated heterocycles. The summed E-state index contributed by atoms with van der Waals surface area (Å²) >= 11 is 6.12. The minimum atomic E-state index is -0.755. The first-order valence-electron chi connectivity index (χ1n) is 12.6. The second kappa shape index (κ2) is 14.0. The summed E-state index contributed by atoms with van der Waals surface area (Å²) in [6, 6.07) is 8.66. The normalized spacial score (nSPS) is 15.7. The van der Waals surface area contributed by atoms with Gasteiger partial charge >= 0.3 is 11.9 Å². The summed E-state index contributed by atoms with van der Waals surface area (Å²) in [7, 11) is 1.41. The first-order chi connectivity index (χ1) is 18.2. The number of benzene rings is 1. The Kier molecular flexibility index (Phi) is 10.8. The van der Waals surface area contributed by atoms with E-state index in [0.29, 0.717) is 10.8 Å². The van der Waals surface area contributed by atoms with Crippen LogP contribution in [-0.2, 0) is 19.1 Å². The first kappa shape index (κ1) is 29.2. The maximum Gasteiger partial charge on any atom is 0.309 e. The van der Waals surface area contributed by atoms with Crippen LogP contribution >= 0.6 is 11.6 Å². The van der Waals surface area contributed by atoms with E-state index in [2.05, 4.69) is 4.98 Å². The van der Waals surface area contributed by atoms with E-state index < -0.39 is 36.5 Å². The molecule has 0 N–H and O–H groups in total. The number of nitrogens with zero attached hydrogens (tertiary/aromatic N) is 1. The number of carbonyl (C=O) groups is 3. The Morgan fingerprint density at radius 1 is 1.13 bits per heavy atom. The number of pyridine rings is 1. The lowest BCUT2D eigenvalue weighted by atomic mass is 9.96. The minimum Gasteiger partial charge on any atom is -0.493 e. The van der Waals surface area contributed by atoms with Gasteiger partial charge in [-0.15, -0.1) is 0 Å². The molecule has 2 aromatic rings. The lowest BCUT2D eigenvalue weighted by Crippen LogP contribution is -2.40. The number of methoxy groups -OCH3 is 1. The summed E-state index contributed by atoms with van der Waals surface area (Å²) in [4.78, 5) is 41.3. The van der Waals surface area contributed by atoms with Gasteiger partial charge in [-0.2, -0.15) is 0 Å². The zero-order valence-electron chi connectivity index (χ0n) is 22.1. The number of rotatable bonds is 13. The molecule has 1 aliphatic rings. The molecule has 1 heterocycles. The molecule has 1 fully saturated rings. The Balaban J connectivity index is 1.67. The highest BCUT2D eigenvalue weighted by molar-refractivity contribution is 6.30. The number of esters is 2. The van der Waals surface area contributed by atoms with Gasteiger partial charge in [-0.05, 0) is 43.9 Å². The second-order valence-electron chi connectivity index (χ2n) is 9.34. The van der Waals surface area contributed by atoms with Gasteiger partial charge in [0.25, 0.3) is 0 Å². The standard InChI is InChI=1S/C28H34ClNO8/c1-17(14-23(32)25-27(36-16-35-19(3)31)24(34-4)12-13-30-25)28(33)37-18(2)26(20-8-5-6-9-20)38-22-11-7-10-21(29)15-22/h7,10-13,15,17-18,20,26H,5-6,8-9,14,16H2,1-4H3/t17-,18+,26+/m1/s1. The van der Waals surface area contributed by atoms with Crippen molar-refractivity contribution in [3.63, 3.8) is 0 Å².